The van der Waals surface area contributed by atoms with Crippen LogP contribution in [0.15, 0.2) is 60.4 Å². The Balaban J connectivity index is 1.63. The minimum atomic E-state index is -0.345. The number of likely N-dealkylation sites (tertiary alicyclic amines) is 1. The Hall–Kier alpha value is -2.94. The summed E-state index contributed by atoms with van der Waals surface area (Å²) in [6, 6.07) is 12.8. The number of aromatic nitrogens is 1. The monoisotopic (exact) mass is 426 g/mol. The summed E-state index contributed by atoms with van der Waals surface area (Å²) in [7, 11) is 0. The normalized spacial score (nSPS) is 16.3. The highest BCUT2D eigenvalue weighted by molar-refractivity contribution is 5.93. The molecule has 2 heterocycles. The molecule has 0 N–H and O–H groups in total. The number of benzene rings is 1. The van der Waals surface area contributed by atoms with E-state index in [1.54, 1.807) is 0 Å². The van der Waals surface area contributed by atoms with Crippen LogP contribution in [0.25, 0.3) is 17.7 Å². The van der Waals surface area contributed by atoms with E-state index in [0.29, 0.717) is 0 Å². The van der Waals surface area contributed by atoms with Crippen LogP contribution in [0, 0.1) is 10.8 Å². The van der Waals surface area contributed by atoms with Crippen LogP contribution in [0.1, 0.15) is 69.3 Å². The lowest BCUT2D eigenvalue weighted by Gasteiger charge is -2.42. The lowest BCUT2D eigenvalue weighted by molar-refractivity contribution is -0.116. The molecule has 0 radical (unpaired) electrons. The minimum absolute atomic E-state index is 0.123. The first kappa shape index (κ1) is 22.3. The average Bonchev–Trinajstić information content (AvgIpc) is 2.95. The molecule has 1 saturated heterocycles. The molecule has 2 aromatic rings. The molecule has 2 aliphatic rings. The van der Waals surface area contributed by atoms with Crippen LogP contribution in [-0.4, -0.2) is 29.3 Å². The van der Waals surface area contributed by atoms with Crippen molar-refractivity contribution < 1.29 is 4.79 Å². The van der Waals surface area contributed by atoms with Gasteiger partial charge in [0.2, 0.25) is 0 Å². The first-order valence-electron chi connectivity index (χ1n) is 11.6. The van der Waals surface area contributed by atoms with E-state index in [1.165, 1.54) is 27.8 Å². The van der Waals surface area contributed by atoms with Gasteiger partial charge in [0.05, 0.1) is 5.69 Å². The number of aldehydes is 1. The van der Waals surface area contributed by atoms with E-state index in [9.17, 15) is 4.79 Å². The predicted octanol–water partition coefficient (Wildman–Crippen LogP) is 6.62. The third-order valence-corrected chi connectivity index (χ3v) is 6.85. The van der Waals surface area contributed by atoms with E-state index in [-0.39, 0.29) is 10.8 Å². The van der Waals surface area contributed by atoms with Crippen molar-refractivity contribution in [3.05, 3.63) is 82.8 Å². The Bertz CT molecular complexity index is 1040. The first-order chi connectivity index (χ1) is 15.2. The van der Waals surface area contributed by atoms with E-state index in [2.05, 4.69) is 67.8 Å². The molecule has 0 spiro atoms. The highest BCUT2D eigenvalue weighted by atomic mass is 16.1. The molecule has 32 heavy (non-hydrogen) atoms. The van der Waals surface area contributed by atoms with E-state index in [0.717, 1.165) is 50.0 Å². The van der Waals surface area contributed by atoms with Gasteiger partial charge in [0.1, 0.15) is 6.29 Å². The van der Waals surface area contributed by atoms with Crippen LogP contribution in [0.4, 0.5) is 0 Å². The molecule has 1 fully saturated rings. The van der Waals surface area contributed by atoms with Gasteiger partial charge in [-0.25, -0.2) is 0 Å². The summed E-state index contributed by atoms with van der Waals surface area (Å²) in [5, 5.41) is 0. The van der Waals surface area contributed by atoms with Crippen molar-refractivity contribution in [1.29, 1.82) is 0 Å². The van der Waals surface area contributed by atoms with E-state index >= 15 is 0 Å². The molecular weight excluding hydrogens is 392 g/mol. The van der Waals surface area contributed by atoms with Crippen LogP contribution >= 0.6 is 0 Å². The maximum Gasteiger partial charge on any atom is 0.125 e. The average molecular weight is 427 g/mol. The van der Waals surface area contributed by atoms with Gasteiger partial charge >= 0.3 is 0 Å². The van der Waals surface area contributed by atoms with Crippen molar-refractivity contribution >= 4 is 24.0 Å². The van der Waals surface area contributed by atoms with Gasteiger partial charge in [-0.1, -0.05) is 82.3 Å². The molecule has 1 aromatic heterocycles. The molecule has 0 bridgehead atoms. The van der Waals surface area contributed by atoms with Gasteiger partial charge in [-0.3, -0.25) is 4.98 Å². The molecule has 0 amide bonds. The topological polar surface area (TPSA) is 33.2 Å². The largest absolute Gasteiger partial charge is 0.374 e. The van der Waals surface area contributed by atoms with E-state index in [4.69, 9.17) is 4.98 Å². The molecule has 1 aliphatic heterocycles. The quantitative estimate of drug-likeness (QED) is 0.430. The van der Waals surface area contributed by atoms with Gasteiger partial charge in [-0.05, 0) is 36.5 Å². The van der Waals surface area contributed by atoms with E-state index in [1.807, 2.05) is 26.1 Å². The second-order valence-electron chi connectivity index (χ2n) is 10.4. The number of hydrogen-bond acceptors (Lipinski definition) is 3. The second kappa shape index (κ2) is 8.54. The fraction of sp³-hybridized carbons (Fsp3) is 0.379. The van der Waals surface area contributed by atoms with Crippen molar-refractivity contribution in [2.24, 2.45) is 10.8 Å². The van der Waals surface area contributed by atoms with Crippen LogP contribution < -0.4 is 0 Å². The summed E-state index contributed by atoms with van der Waals surface area (Å²) in [5.74, 6) is 0. The van der Waals surface area contributed by atoms with Gasteiger partial charge < -0.3 is 9.69 Å². The molecule has 0 saturated carbocycles. The summed E-state index contributed by atoms with van der Waals surface area (Å²) >= 11 is 0. The number of hydrogen-bond donors (Lipinski definition) is 0. The van der Waals surface area contributed by atoms with E-state index < -0.39 is 0 Å². The lowest BCUT2D eigenvalue weighted by atomic mass is 9.73. The van der Waals surface area contributed by atoms with Crippen LogP contribution in [0.2, 0.25) is 0 Å². The highest BCUT2D eigenvalue weighted by Crippen LogP contribution is 2.42. The van der Waals surface area contributed by atoms with Crippen molar-refractivity contribution in [3.63, 3.8) is 0 Å². The first-order valence-corrected chi connectivity index (χ1v) is 11.6. The van der Waals surface area contributed by atoms with Crippen LogP contribution in [0.5, 0.6) is 0 Å². The molecule has 0 unspecified atom stereocenters. The summed E-state index contributed by atoms with van der Waals surface area (Å²) in [6.45, 7) is 14.8. The molecule has 4 rings (SSSR count). The van der Waals surface area contributed by atoms with Gasteiger partial charge in [0.25, 0.3) is 0 Å². The fourth-order valence-electron chi connectivity index (χ4n) is 5.30. The molecule has 0 atom stereocenters. The number of piperidine rings is 1. The Kier molecular flexibility index (Phi) is 5.94. The van der Waals surface area contributed by atoms with Crippen LogP contribution in [0.3, 0.4) is 0 Å². The molecular formula is C29H34N2O. The summed E-state index contributed by atoms with van der Waals surface area (Å²) in [5.41, 5.74) is 8.22. The zero-order valence-electron chi connectivity index (χ0n) is 19.8. The maximum atomic E-state index is 11.5. The third-order valence-electron chi connectivity index (χ3n) is 6.85. The summed E-state index contributed by atoms with van der Waals surface area (Å²) < 4.78 is 0. The van der Waals surface area contributed by atoms with Crippen molar-refractivity contribution in [1.82, 2.24) is 9.88 Å². The number of carbonyl (C=O) groups excluding carboxylic acids is 1. The van der Waals surface area contributed by atoms with Gasteiger partial charge in [0, 0.05) is 46.9 Å². The number of nitrogens with zero attached hydrogens (tertiary/aromatic N) is 2. The SMILES string of the molecule is C=C(N1CCC(=C2c3ccccc3C=Cc3cccnc32)CC1)C(C)(C)CC(C)(C)C=O. The van der Waals surface area contributed by atoms with Gasteiger partial charge in [0.15, 0.2) is 0 Å². The van der Waals surface area contributed by atoms with Crippen molar-refractivity contribution in [3.8, 4) is 0 Å². The van der Waals surface area contributed by atoms with Gasteiger partial charge in [-0.15, -0.1) is 0 Å². The molecule has 3 heteroatoms. The summed E-state index contributed by atoms with van der Waals surface area (Å²) in [6.07, 6.45) is 10.1. The fourth-order valence-corrected chi connectivity index (χ4v) is 5.30. The number of fused-ring (bicyclic) bond motifs is 2. The predicted molar refractivity (Wildman–Crippen MR) is 134 cm³/mol. The van der Waals surface area contributed by atoms with Crippen LogP contribution in [-0.2, 0) is 4.79 Å². The smallest absolute Gasteiger partial charge is 0.125 e. The second-order valence-corrected chi connectivity index (χ2v) is 10.4. The molecule has 1 aromatic carbocycles. The Morgan fingerprint density at radius 2 is 1.69 bits per heavy atom. The zero-order chi connectivity index (χ0) is 22.9. The zero-order valence-corrected chi connectivity index (χ0v) is 19.8. The van der Waals surface area contributed by atoms with Crippen molar-refractivity contribution in [2.45, 2.75) is 47.0 Å². The standard InChI is InChI=1S/C29H34N2O/c1-21(29(4,5)19-28(2,3)20-32)31-17-14-23(15-18-31)26-25-11-7-6-9-22(25)12-13-24-10-8-16-30-27(24)26/h6-13,16,20H,1,14-15,17-19H2,2-5H3. The number of pyridine rings is 1. The minimum Gasteiger partial charge on any atom is -0.374 e. The molecule has 166 valence electrons. The van der Waals surface area contributed by atoms with Crippen molar-refractivity contribution in [2.75, 3.05) is 13.1 Å². The maximum absolute atomic E-state index is 11.5. The number of rotatable bonds is 5. The molecule has 1 aliphatic carbocycles. The number of carbonyl (C=O) groups is 1. The Labute approximate surface area is 192 Å². The Morgan fingerprint density at radius 1 is 1.03 bits per heavy atom. The highest BCUT2D eigenvalue weighted by Gasteiger charge is 2.34. The third kappa shape index (κ3) is 4.34. The lowest BCUT2D eigenvalue weighted by Crippen LogP contribution is -2.38. The number of allylic oxidation sites excluding steroid dienone is 1. The van der Waals surface area contributed by atoms with Gasteiger partial charge in [-0.2, -0.15) is 0 Å². The Morgan fingerprint density at radius 3 is 2.41 bits per heavy atom. The molecule has 3 nitrogen and oxygen atoms in total. The summed E-state index contributed by atoms with van der Waals surface area (Å²) in [4.78, 5) is 18.7.